The summed E-state index contributed by atoms with van der Waals surface area (Å²) < 4.78 is 3.68. The van der Waals surface area contributed by atoms with Crippen molar-refractivity contribution in [3.05, 3.63) is 267 Å². The summed E-state index contributed by atoms with van der Waals surface area (Å²) in [4.78, 5) is 49.1. The Kier molecular flexibility index (Phi) is 38.1. The minimum absolute atomic E-state index is 0. The fraction of sp³-hybridized carbons (Fsp3) is 0.365. The molecule has 0 fully saturated rings. The Morgan fingerprint density at radius 2 is 0.622 bits per heavy atom. The van der Waals surface area contributed by atoms with Crippen molar-refractivity contribution in [2.75, 3.05) is 0 Å². The quantitative estimate of drug-likeness (QED) is 0.0617. The molecule has 0 amide bonds. The number of allylic oxidation sites excluding steroid dienone is 6. The van der Waals surface area contributed by atoms with Crippen LogP contribution < -0.4 is 0 Å². The SMILES string of the molecule is CC(=O)C=C(C)O.CC(=O)C=C(C)O.CC(=O)C=C(C)O.Cc1[c-]c(-c2ccc3sc(-c4c(C(C)C)cccc4C(C)C)cc3n2)cc(C(C)(C)C)c1.Cc1[c-]c(-c2ccc3sc(-c4cc(C(C)(C)C)cc(C(C)(C)C)c4)cc3n2)cc(C(C)(C)C)c1.Cc1[c-]c(-c2ccc3sc(-c4ccc(C(C)C)cc4)cc3n2)cc(C(C)(C)C)c1.[Ir].[Ir].[Ir]. The molecule has 0 aliphatic rings. The van der Waals surface area contributed by atoms with Gasteiger partial charge in [0.15, 0.2) is 17.3 Å². The van der Waals surface area contributed by atoms with Crippen molar-refractivity contribution in [2.24, 2.45) is 0 Å². The molecule has 12 rings (SSSR count). The Morgan fingerprint density at radius 1 is 0.345 bits per heavy atom. The Morgan fingerprint density at radius 3 is 0.882 bits per heavy atom. The van der Waals surface area contributed by atoms with Crippen molar-refractivity contribution in [3.8, 4) is 65.1 Å². The molecule has 3 radical (unpaired) electrons. The molecule has 6 aromatic heterocycles. The first-order valence-electron chi connectivity index (χ1n) is 40.1. The van der Waals surface area contributed by atoms with Gasteiger partial charge in [0.1, 0.15) is 0 Å². The Hall–Kier alpha value is -7.77. The molecule has 0 unspecified atom stereocenters. The van der Waals surface area contributed by atoms with Gasteiger partial charge in [0.05, 0.1) is 47.9 Å². The van der Waals surface area contributed by atoms with E-state index in [0.717, 1.165) is 67.0 Å². The first-order chi connectivity index (χ1) is 53.7. The number of aryl methyl sites for hydroxylation is 3. The molecule has 6 aromatic carbocycles. The Labute approximate surface area is 764 Å². The van der Waals surface area contributed by atoms with Gasteiger partial charge in [-0.1, -0.05) is 233 Å². The van der Waals surface area contributed by atoms with Gasteiger partial charge in [0, 0.05) is 93.2 Å². The maximum Gasteiger partial charge on any atom is 0.155 e. The molecule has 15 heteroatoms. The van der Waals surface area contributed by atoms with Crippen LogP contribution in [0.1, 0.15) is 266 Å². The van der Waals surface area contributed by atoms with Crippen molar-refractivity contribution >= 4 is 82.0 Å². The van der Waals surface area contributed by atoms with Crippen LogP contribution in [0.3, 0.4) is 0 Å². The van der Waals surface area contributed by atoms with E-state index in [9.17, 15) is 14.4 Å². The molecule has 3 N–H and O–H groups in total. The summed E-state index contributed by atoms with van der Waals surface area (Å²) >= 11 is 5.49. The molecular weight excluding hydrogens is 2060 g/mol. The van der Waals surface area contributed by atoms with Crippen LogP contribution in [0.25, 0.3) is 95.7 Å². The zero-order valence-corrected chi connectivity index (χ0v) is 85.2. The maximum atomic E-state index is 10.0. The smallest absolute Gasteiger partial charge is 0.155 e. The minimum Gasteiger partial charge on any atom is -0.512 e. The Bertz CT molecular complexity index is 5440. The standard InChI is InChI=1S/C32H38NS.C30H34NS.C27H28NS.3C5H8O2.3Ir/c1-20-13-21(15-23(14-20)30(2,3)4)26-11-12-28-27(33-26)19-29(34-28)22-16-24(31(5,6)7)18-25(17-22)32(8,9)10;1-18(2)23-10-9-11-24(19(3)4)29(23)28-17-26-27(32-28)13-12-25(31-26)21-14-20(5)15-22(16-21)30(6,7)8;1-17(2)19-7-9-20(10-8-19)26-16-24-25(29-26)12-11-23(28-24)21-13-18(3)14-22(15-21)27(4,5)6;3*1-4(6)3-5(2)7;;;/h11-12,14-19H,1-10H3;9-13,15-19H,1-8H3;7-12,14-17H,1-6H3;3*3,6H,1-2H3;;;/q3*-1;;;;;;. The van der Waals surface area contributed by atoms with Gasteiger partial charge in [-0.2, -0.15) is 0 Å². The summed E-state index contributed by atoms with van der Waals surface area (Å²) in [6, 6.07) is 66.6. The second-order valence-corrected chi connectivity index (χ2v) is 39.9. The average Bonchev–Trinajstić information content (AvgIpc) is 1.64. The number of hydrogen-bond donors (Lipinski definition) is 3. The topological polar surface area (TPSA) is 151 Å². The number of hydrogen-bond acceptors (Lipinski definition) is 12. The molecule has 9 nitrogen and oxygen atoms in total. The molecule has 0 aliphatic heterocycles. The summed E-state index contributed by atoms with van der Waals surface area (Å²) in [5.74, 6) is 1.33. The van der Waals surface area contributed by atoms with Gasteiger partial charge in [-0.05, 0) is 196 Å². The van der Waals surface area contributed by atoms with Crippen molar-refractivity contribution in [2.45, 2.75) is 253 Å². The van der Waals surface area contributed by atoms with Crippen LogP contribution in [0.4, 0.5) is 0 Å². The third-order valence-electron chi connectivity index (χ3n) is 19.2. The number of ketones is 3. The van der Waals surface area contributed by atoms with Crippen LogP contribution in [-0.4, -0.2) is 47.6 Å². The third kappa shape index (κ3) is 30.7. The summed E-state index contributed by atoms with van der Waals surface area (Å²) in [5, 5.41) is 25.1. The number of thiophene rings is 3. The molecule has 0 spiro atoms. The number of aromatic nitrogens is 3. The number of aliphatic hydroxyl groups is 3. The van der Waals surface area contributed by atoms with Crippen molar-refractivity contribution in [1.29, 1.82) is 0 Å². The molecule has 0 bridgehead atoms. The number of aliphatic hydroxyl groups excluding tert-OH is 3. The van der Waals surface area contributed by atoms with Gasteiger partial charge in [-0.3, -0.25) is 29.3 Å². The largest absolute Gasteiger partial charge is 0.512 e. The number of rotatable bonds is 12. The molecular formula is C104H124Ir3N3O6S3-3. The number of fused-ring (bicyclic) bond motifs is 3. The van der Waals surface area contributed by atoms with Crippen LogP contribution in [-0.2, 0) is 102 Å². The van der Waals surface area contributed by atoms with Crippen LogP contribution in [0.5, 0.6) is 0 Å². The van der Waals surface area contributed by atoms with E-state index in [0.29, 0.717) is 17.8 Å². The zero-order valence-electron chi connectivity index (χ0n) is 75.5. The van der Waals surface area contributed by atoms with E-state index in [2.05, 4.69) is 336 Å². The second-order valence-electron chi connectivity index (χ2n) is 36.6. The molecule has 0 aliphatic carbocycles. The number of carbonyl (C=O) groups is 3. The molecule has 119 heavy (non-hydrogen) atoms. The summed E-state index contributed by atoms with van der Waals surface area (Å²) in [5.41, 5.74) is 28.3. The monoisotopic (exact) mass is 2190 g/mol. The maximum absolute atomic E-state index is 10.0. The van der Waals surface area contributed by atoms with E-state index in [1.54, 1.807) is 11.3 Å². The number of pyridine rings is 3. The predicted molar refractivity (Wildman–Crippen MR) is 499 cm³/mol. The van der Waals surface area contributed by atoms with E-state index in [-0.39, 0.29) is 122 Å². The minimum atomic E-state index is -0.125. The van der Waals surface area contributed by atoms with Gasteiger partial charge >= 0.3 is 0 Å². The van der Waals surface area contributed by atoms with Gasteiger partial charge in [-0.25, -0.2) is 0 Å². The predicted octanol–water partition coefficient (Wildman–Crippen LogP) is 30.2. The van der Waals surface area contributed by atoms with Gasteiger partial charge < -0.3 is 15.3 Å². The van der Waals surface area contributed by atoms with Crippen LogP contribution in [0.15, 0.2) is 187 Å². The number of carbonyl (C=O) groups excluding carboxylic acids is 3. The van der Waals surface area contributed by atoms with Crippen molar-refractivity contribution in [3.63, 3.8) is 0 Å². The van der Waals surface area contributed by atoms with Crippen LogP contribution >= 0.6 is 34.0 Å². The summed E-state index contributed by atoms with van der Waals surface area (Å²) in [7, 11) is 0. The third-order valence-corrected chi connectivity index (χ3v) is 22.6. The summed E-state index contributed by atoms with van der Waals surface area (Å²) in [6.45, 7) is 62.5. The number of nitrogens with zero attached hydrogens (tertiary/aromatic N) is 3. The average molecular weight is 2190 g/mol. The molecule has 639 valence electrons. The fourth-order valence-electron chi connectivity index (χ4n) is 12.9. The first-order valence-corrected chi connectivity index (χ1v) is 42.6. The van der Waals surface area contributed by atoms with E-state index < -0.39 is 0 Å². The molecule has 6 heterocycles. The van der Waals surface area contributed by atoms with Crippen molar-refractivity contribution in [1.82, 2.24) is 15.0 Å². The molecule has 0 saturated carbocycles. The van der Waals surface area contributed by atoms with Gasteiger partial charge in [0.2, 0.25) is 0 Å². The van der Waals surface area contributed by atoms with E-state index in [1.165, 1.54) is 150 Å². The summed E-state index contributed by atoms with van der Waals surface area (Å²) in [6.07, 6.45) is 3.50. The Balaban J connectivity index is 0.000000330. The molecule has 12 aromatic rings. The molecule has 0 saturated heterocycles. The van der Waals surface area contributed by atoms with Crippen LogP contribution in [0, 0.1) is 39.0 Å². The fourth-order valence-corrected chi connectivity index (χ4v) is 16.0. The van der Waals surface area contributed by atoms with Crippen LogP contribution in [0.2, 0.25) is 0 Å². The second kappa shape index (κ2) is 43.8. The molecule has 0 atom stereocenters. The first kappa shape index (κ1) is 104. The normalized spacial score (nSPS) is 12.0. The van der Waals surface area contributed by atoms with E-state index in [1.807, 2.05) is 22.7 Å². The van der Waals surface area contributed by atoms with Gasteiger partial charge in [0.25, 0.3) is 0 Å². The van der Waals surface area contributed by atoms with E-state index in [4.69, 9.17) is 30.3 Å². The van der Waals surface area contributed by atoms with Crippen molar-refractivity contribution < 1.29 is 90.0 Å². The van der Waals surface area contributed by atoms with Gasteiger partial charge in [-0.15, -0.1) is 139 Å². The number of benzene rings is 6. The van der Waals surface area contributed by atoms with E-state index >= 15 is 0 Å². The zero-order chi connectivity index (χ0) is 86.6.